The van der Waals surface area contributed by atoms with Crippen molar-refractivity contribution < 1.29 is 8.42 Å². The lowest BCUT2D eigenvalue weighted by Crippen LogP contribution is -2.44. The van der Waals surface area contributed by atoms with Gasteiger partial charge < -0.3 is 5.32 Å². The summed E-state index contributed by atoms with van der Waals surface area (Å²) in [7, 11) is 0.165. The molecule has 0 radical (unpaired) electrons. The SMILES string of the molecule is CCCC(CC)NS(=O)(=O)N(C)CCCNC. The van der Waals surface area contributed by atoms with E-state index in [0.717, 1.165) is 32.2 Å². The van der Waals surface area contributed by atoms with Crippen LogP contribution < -0.4 is 10.0 Å². The van der Waals surface area contributed by atoms with Crippen molar-refractivity contribution in [3.63, 3.8) is 0 Å². The van der Waals surface area contributed by atoms with E-state index >= 15 is 0 Å². The molecule has 2 N–H and O–H groups in total. The van der Waals surface area contributed by atoms with Crippen molar-refractivity contribution in [1.29, 1.82) is 0 Å². The van der Waals surface area contributed by atoms with E-state index in [1.165, 1.54) is 4.31 Å². The van der Waals surface area contributed by atoms with Gasteiger partial charge in [-0.3, -0.25) is 0 Å². The van der Waals surface area contributed by atoms with Crippen LogP contribution in [0.4, 0.5) is 0 Å². The van der Waals surface area contributed by atoms with E-state index in [1.807, 2.05) is 14.0 Å². The van der Waals surface area contributed by atoms with Crippen molar-refractivity contribution in [2.45, 2.75) is 45.6 Å². The van der Waals surface area contributed by atoms with Gasteiger partial charge in [-0.2, -0.15) is 17.4 Å². The summed E-state index contributed by atoms with van der Waals surface area (Å²) >= 11 is 0. The molecule has 1 atom stereocenters. The summed E-state index contributed by atoms with van der Waals surface area (Å²) in [5.74, 6) is 0. The Bertz CT molecular complexity index is 280. The molecule has 0 fully saturated rings. The molecule has 0 spiro atoms. The summed E-state index contributed by atoms with van der Waals surface area (Å²) in [5, 5.41) is 3.00. The Hall–Kier alpha value is -0.170. The zero-order chi connectivity index (χ0) is 13.3. The van der Waals surface area contributed by atoms with Gasteiger partial charge in [0.2, 0.25) is 0 Å². The molecule has 1 unspecified atom stereocenters. The largest absolute Gasteiger partial charge is 0.320 e. The van der Waals surface area contributed by atoms with E-state index < -0.39 is 10.2 Å². The molecular formula is C11H27N3O2S. The summed E-state index contributed by atoms with van der Waals surface area (Å²) in [6.45, 7) is 5.43. The van der Waals surface area contributed by atoms with Crippen LogP contribution in [0.15, 0.2) is 0 Å². The Morgan fingerprint density at radius 1 is 1.29 bits per heavy atom. The van der Waals surface area contributed by atoms with Gasteiger partial charge in [0.15, 0.2) is 0 Å². The molecule has 5 nitrogen and oxygen atoms in total. The Kier molecular flexibility index (Phi) is 8.77. The van der Waals surface area contributed by atoms with Crippen molar-refractivity contribution in [3.8, 4) is 0 Å². The van der Waals surface area contributed by atoms with E-state index in [2.05, 4.69) is 17.0 Å². The molecule has 0 rings (SSSR count). The van der Waals surface area contributed by atoms with Gasteiger partial charge in [0.1, 0.15) is 0 Å². The van der Waals surface area contributed by atoms with E-state index in [4.69, 9.17) is 0 Å². The number of hydrogen-bond donors (Lipinski definition) is 2. The highest BCUT2D eigenvalue weighted by atomic mass is 32.2. The maximum absolute atomic E-state index is 12.0. The molecule has 0 saturated heterocycles. The topological polar surface area (TPSA) is 61.4 Å². The van der Waals surface area contributed by atoms with Crippen LogP contribution in [-0.4, -0.2) is 45.9 Å². The third-order valence-electron chi connectivity index (χ3n) is 2.76. The molecule has 0 aliphatic carbocycles. The number of hydrogen-bond acceptors (Lipinski definition) is 3. The monoisotopic (exact) mass is 265 g/mol. The van der Waals surface area contributed by atoms with Crippen molar-refractivity contribution in [1.82, 2.24) is 14.3 Å². The van der Waals surface area contributed by atoms with Crippen LogP contribution in [0.25, 0.3) is 0 Å². The fourth-order valence-corrected chi connectivity index (χ4v) is 2.85. The quantitative estimate of drug-likeness (QED) is 0.578. The van der Waals surface area contributed by atoms with E-state index in [-0.39, 0.29) is 6.04 Å². The molecule has 0 aromatic heterocycles. The molecule has 0 aromatic rings. The highest BCUT2D eigenvalue weighted by Gasteiger charge is 2.20. The van der Waals surface area contributed by atoms with Gasteiger partial charge in [-0.05, 0) is 32.9 Å². The fourth-order valence-electron chi connectivity index (χ4n) is 1.59. The third-order valence-corrected chi connectivity index (χ3v) is 4.39. The Morgan fingerprint density at radius 3 is 2.41 bits per heavy atom. The number of nitrogens with zero attached hydrogens (tertiary/aromatic N) is 1. The van der Waals surface area contributed by atoms with Gasteiger partial charge in [0.25, 0.3) is 10.2 Å². The minimum Gasteiger partial charge on any atom is -0.320 e. The molecule has 17 heavy (non-hydrogen) atoms. The van der Waals surface area contributed by atoms with Gasteiger partial charge in [-0.15, -0.1) is 0 Å². The van der Waals surface area contributed by atoms with E-state index in [0.29, 0.717) is 6.54 Å². The van der Waals surface area contributed by atoms with Crippen molar-refractivity contribution in [2.24, 2.45) is 0 Å². The Labute approximate surface area is 106 Å². The zero-order valence-corrected chi connectivity index (χ0v) is 12.3. The Balaban J connectivity index is 4.24. The van der Waals surface area contributed by atoms with Crippen LogP contribution in [-0.2, 0) is 10.2 Å². The van der Waals surface area contributed by atoms with Crippen molar-refractivity contribution in [2.75, 3.05) is 27.2 Å². The van der Waals surface area contributed by atoms with Gasteiger partial charge in [-0.1, -0.05) is 20.3 Å². The molecule has 6 heteroatoms. The van der Waals surface area contributed by atoms with Crippen LogP contribution in [0, 0.1) is 0 Å². The molecule has 0 amide bonds. The first-order valence-electron chi connectivity index (χ1n) is 6.36. The molecule has 0 saturated carbocycles. The minimum atomic E-state index is -3.32. The lowest BCUT2D eigenvalue weighted by Gasteiger charge is -2.22. The van der Waals surface area contributed by atoms with Crippen LogP contribution >= 0.6 is 0 Å². The van der Waals surface area contributed by atoms with E-state index in [9.17, 15) is 8.42 Å². The number of rotatable bonds is 10. The molecule has 0 aromatic carbocycles. The second-order valence-corrected chi connectivity index (χ2v) is 6.10. The summed E-state index contributed by atoms with van der Waals surface area (Å²) in [6.07, 6.45) is 3.53. The van der Waals surface area contributed by atoms with Crippen LogP contribution in [0.3, 0.4) is 0 Å². The van der Waals surface area contributed by atoms with Gasteiger partial charge in [-0.25, -0.2) is 0 Å². The second kappa shape index (κ2) is 8.85. The standard InChI is InChI=1S/C11H27N3O2S/c1-5-8-11(6-2)13-17(15,16)14(4)10-7-9-12-3/h11-13H,5-10H2,1-4H3. The highest BCUT2D eigenvalue weighted by Crippen LogP contribution is 2.05. The first-order chi connectivity index (χ1) is 7.97. The zero-order valence-electron chi connectivity index (χ0n) is 11.5. The maximum atomic E-state index is 12.0. The summed E-state index contributed by atoms with van der Waals surface area (Å²) in [4.78, 5) is 0. The molecule has 0 heterocycles. The molecule has 0 aliphatic heterocycles. The average Bonchev–Trinajstić information content (AvgIpc) is 2.28. The first kappa shape index (κ1) is 16.8. The second-order valence-electron chi connectivity index (χ2n) is 4.30. The lowest BCUT2D eigenvalue weighted by molar-refractivity contribution is 0.429. The van der Waals surface area contributed by atoms with Gasteiger partial charge in [0.05, 0.1) is 0 Å². The van der Waals surface area contributed by atoms with Crippen molar-refractivity contribution >= 4 is 10.2 Å². The lowest BCUT2D eigenvalue weighted by atomic mass is 10.1. The highest BCUT2D eigenvalue weighted by molar-refractivity contribution is 7.87. The molecular weight excluding hydrogens is 238 g/mol. The van der Waals surface area contributed by atoms with Gasteiger partial charge in [0, 0.05) is 19.6 Å². The summed E-state index contributed by atoms with van der Waals surface area (Å²) in [5.41, 5.74) is 0. The van der Waals surface area contributed by atoms with Crippen LogP contribution in [0.5, 0.6) is 0 Å². The molecule has 104 valence electrons. The fraction of sp³-hybridized carbons (Fsp3) is 1.00. The normalized spacial score (nSPS) is 14.2. The van der Waals surface area contributed by atoms with Crippen LogP contribution in [0.1, 0.15) is 39.5 Å². The summed E-state index contributed by atoms with van der Waals surface area (Å²) in [6, 6.07) is 0.0525. The first-order valence-corrected chi connectivity index (χ1v) is 7.80. The van der Waals surface area contributed by atoms with E-state index in [1.54, 1.807) is 7.05 Å². The average molecular weight is 265 g/mol. The predicted octanol–water partition coefficient (Wildman–Crippen LogP) is 0.941. The Morgan fingerprint density at radius 2 is 1.94 bits per heavy atom. The number of nitrogens with one attached hydrogen (secondary N) is 2. The minimum absolute atomic E-state index is 0.0525. The molecule has 0 bridgehead atoms. The molecule has 0 aliphatic rings. The van der Waals surface area contributed by atoms with Crippen LogP contribution in [0.2, 0.25) is 0 Å². The predicted molar refractivity (Wildman–Crippen MR) is 72.2 cm³/mol. The maximum Gasteiger partial charge on any atom is 0.279 e. The smallest absolute Gasteiger partial charge is 0.279 e. The summed E-state index contributed by atoms with van der Waals surface area (Å²) < 4.78 is 28.1. The van der Waals surface area contributed by atoms with Crippen molar-refractivity contribution in [3.05, 3.63) is 0 Å². The van der Waals surface area contributed by atoms with Gasteiger partial charge >= 0.3 is 0 Å². The third kappa shape index (κ3) is 6.98.